The Labute approximate surface area is 139 Å². The summed E-state index contributed by atoms with van der Waals surface area (Å²) in [6, 6.07) is 10.8. The second-order valence-corrected chi connectivity index (χ2v) is 5.58. The third kappa shape index (κ3) is 4.07. The van der Waals surface area contributed by atoms with Crippen molar-refractivity contribution in [2.75, 3.05) is 20.5 Å². The van der Waals surface area contributed by atoms with Gasteiger partial charge in [-0.2, -0.15) is 0 Å². The quantitative estimate of drug-likeness (QED) is 0.492. The van der Waals surface area contributed by atoms with E-state index in [1.165, 1.54) is 26.4 Å². The second-order valence-electron chi connectivity index (χ2n) is 4.70. The van der Waals surface area contributed by atoms with E-state index in [1.54, 1.807) is 23.9 Å². The van der Waals surface area contributed by atoms with Gasteiger partial charge < -0.3 is 14.6 Å². The van der Waals surface area contributed by atoms with Crippen LogP contribution < -0.4 is 9.47 Å². The molecule has 0 aliphatic carbocycles. The van der Waals surface area contributed by atoms with Crippen molar-refractivity contribution in [1.82, 2.24) is 0 Å². The number of carbonyl (C=O) groups is 1. The molecule has 0 unspecified atom stereocenters. The van der Waals surface area contributed by atoms with E-state index in [9.17, 15) is 9.90 Å². The third-order valence-electron chi connectivity index (χ3n) is 3.28. The summed E-state index contributed by atoms with van der Waals surface area (Å²) in [5.74, 6) is 0.187. The molecular formula is C18H18O4S. The Bertz CT molecular complexity index is 738. The molecule has 23 heavy (non-hydrogen) atoms. The van der Waals surface area contributed by atoms with E-state index in [-0.39, 0.29) is 22.8 Å². The first-order chi connectivity index (χ1) is 11.1. The van der Waals surface area contributed by atoms with Crippen LogP contribution in [0.5, 0.6) is 17.2 Å². The summed E-state index contributed by atoms with van der Waals surface area (Å²) < 4.78 is 10.2. The van der Waals surface area contributed by atoms with E-state index in [0.29, 0.717) is 5.75 Å². The molecule has 120 valence electrons. The lowest BCUT2D eigenvalue weighted by atomic mass is 10.1. The number of phenols is 1. The van der Waals surface area contributed by atoms with Gasteiger partial charge >= 0.3 is 0 Å². The molecular weight excluding hydrogens is 312 g/mol. The van der Waals surface area contributed by atoms with Crippen LogP contribution in [0.3, 0.4) is 0 Å². The third-order valence-corrected chi connectivity index (χ3v) is 4.00. The minimum absolute atomic E-state index is 0.116. The van der Waals surface area contributed by atoms with E-state index >= 15 is 0 Å². The van der Waals surface area contributed by atoms with E-state index in [1.807, 2.05) is 30.5 Å². The molecule has 0 spiro atoms. The van der Waals surface area contributed by atoms with Gasteiger partial charge in [0.2, 0.25) is 0 Å². The summed E-state index contributed by atoms with van der Waals surface area (Å²) >= 11 is 1.63. The van der Waals surface area contributed by atoms with Gasteiger partial charge in [-0.15, -0.1) is 11.8 Å². The van der Waals surface area contributed by atoms with Gasteiger partial charge in [-0.25, -0.2) is 0 Å². The SMILES string of the molecule is COc1cc(O)c(C(=O)C=Cc2cccc(SC)c2)c(OC)c1. The predicted molar refractivity (Wildman–Crippen MR) is 92.8 cm³/mol. The summed E-state index contributed by atoms with van der Waals surface area (Å²) in [5, 5.41) is 10.1. The minimum Gasteiger partial charge on any atom is -0.507 e. The van der Waals surface area contributed by atoms with E-state index < -0.39 is 0 Å². The van der Waals surface area contributed by atoms with Gasteiger partial charge in [0.05, 0.1) is 14.2 Å². The number of ether oxygens (including phenoxy) is 2. The smallest absolute Gasteiger partial charge is 0.193 e. The number of allylic oxidation sites excluding steroid dienone is 1. The van der Waals surface area contributed by atoms with Crippen LogP contribution >= 0.6 is 11.8 Å². The molecule has 0 aliphatic rings. The van der Waals surface area contributed by atoms with Gasteiger partial charge in [0.1, 0.15) is 22.8 Å². The highest BCUT2D eigenvalue weighted by atomic mass is 32.2. The molecule has 0 saturated carbocycles. The summed E-state index contributed by atoms with van der Waals surface area (Å²) in [4.78, 5) is 13.5. The second kappa shape index (κ2) is 7.74. The molecule has 0 radical (unpaired) electrons. The van der Waals surface area contributed by atoms with Crippen LogP contribution in [0.1, 0.15) is 15.9 Å². The topological polar surface area (TPSA) is 55.8 Å². The van der Waals surface area contributed by atoms with Gasteiger partial charge in [0, 0.05) is 17.0 Å². The number of hydrogen-bond acceptors (Lipinski definition) is 5. The van der Waals surface area contributed by atoms with Gasteiger partial charge in [0.25, 0.3) is 0 Å². The van der Waals surface area contributed by atoms with Crippen molar-refractivity contribution in [3.8, 4) is 17.2 Å². The molecule has 1 N–H and O–H groups in total. The van der Waals surface area contributed by atoms with Crippen molar-refractivity contribution >= 4 is 23.6 Å². The van der Waals surface area contributed by atoms with Crippen molar-refractivity contribution in [3.05, 3.63) is 53.6 Å². The first-order valence-corrected chi connectivity index (χ1v) is 8.13. The Morgan fingerprint density at radius 1 is 1.17 bits per heavy atom. The Balaban J connectivity index is 2.31. The zero-order chi connectivity index (χ0) is 16.8. The number of rotatable bonds is 6. The first kappa shape index (κ1) is 17.0. The molecule has 0 fully saturated rings. The Morgan fingerprint density at radius 2 is 1.96 bits per heavy atom. The van der Waals surface area contributed by atoms with Crippen LogP contribution in [0.2, 0.25) is 0 Å². The molecule has 0 atom stereocenters. The van der Waals surface area contributed by atoms with Crippen LogP contribution in [0.15, 0.2) is 47.4 Å². The fraction of sp³-hybridized carbons (Fsp3) is 0.167. The highest BCUT2D eigenvalue weighted by Crippen LogP contribution is 2.33. The Kier molecular flexibility index (Phi) is 5.71. The number of phenolic OH excluding ortho intramolecular Hbond substituents is 1. The van der Waals surface area contributed by atoms with Crippen molar-refractivity contribution < 1.29 is 19.4 Å². The number of ketones is 1. The molecule has 2 rings (SSSR count). The van der Waals surface area contributed by atoms with E-state index in [0.717, 1.165) is 10.5 Å². The summed E-state index contributed by atoms with van der Waals surface area (Å²) in [5.41, 5.74) is 1.03. The molecule has 0 aliphatic heterocycles. The van der Waals surface area contributed by atoms with Crippen LogP contribution in [0, 0.1) is 0 Å². The summed E-state index contributed by atoms with van der Waals surface area (Å²) in [7, 11) is 2.92. The number of methoxy groups -OCH3 is 2. The zero-order valence-electron chi connectivity index (χ0n) is 13.2. The fourth-order valence-electron chi connectivity index (χ4n) is 2.10. The number of benzene rings is 2. The fourth-order valence-corrected chi connectivity index (χ4v) is 2.57. The molecule has 0 saturated heterocycles. The van der Waals surface area contributed by atoms with Crippen molar-refractivity contribution in [3.63, 3.8) is 0 Å². The lowest BCUT2D eigenvalue weighted by molar-refractivity contribution is 0.104. The maximum Gasteiger partial charge on any atom is 0.193 e. The van der Waals surface area contributed by atoms with Crippen LogP contribution in [-0.4, -0.2) is 31.4 Å². The number of aromatic hydroxyl groups is 1. The highest BCUT2D eigenvalue weighted by molar-refractivity contribution is 7.98. The molecule has 5 heteroatoms. The average Bonchev–Trinajstić information content (AvgIpc) is 2.58. The van der Waals surface area contributed by atoms with Crippen molar-refractivity contribution in [1.29, 1.82) is 0 Å². The van der Waals surface area contributed by atoms with Crippen LogP contribution in [0.25, 0.3) is 6.08 Å². The maximum absolute atomic E-state index is 12.4. The van der Waals surface area contributed by atoms with E-state index in [2.05, 4.69) is 0 Å². The molecule has 0 amide bonds. The summed E-state index contributed by atoms with van der Waals surface area (Å²) in [6.07, 6.45) is 5.13. The monoisotopic (exact) mass is 330 g/mol. The van der Waals surface area contributed by atoms with Gasteiger partial charge in [-0.3, -0.25) is 4.79 Å². The Hall–Kier alpha value is -2.40. The molecule has 4 nitrogen and oxygen atoms in total. The molecule has 2 aromatic rings. The van der Waals surface area contributed by atoms with Crippen molar-refractivity contribution in [2.45, 2.75) is 4.90 Å². The molecule has 2 aromatic carbocycles. The lowest BCUT2D eigenvalue weighted by Crippen LogP contribution is -2.00. The van der Waals surface area contributed by atoms with Gasteiger partial charge in [0.15, 0.2) is 5.78 Å². The average molecular weight is 330 g/mol. The maximum atomic E-state index is 12.4. The Morgan fingerprint density at radius 3 is 2.61 bits per heavy atom. The van der Waals surface area contributed by atoms with Crippen LogP contribution in [-0.2, 0) is 0 Å². The number of carbonyl (C=O) groups excluding carboxylic acids is 1. The zero-order valence-corrected chi connectivity index (χ0v) is 14.0. The first-order valence-electron chi connectivity index (χ1n) is 6.90. The van der Waals surface area contributed by atoms with E-state index in [4.69, 9.17) is 9.47 Å². The largest absolute Gasteiger partial charge is 0.507 e. The minimum atomic E-state index is -0.337. The predicted octanol–water partition coefficient (Wildman–Crippen LogP) is 4.03. The van der Waals surface area contributed by atoms with Gasteiger partial charge in [-0.05, 0) is 30.0 Å². The van der Waals surface area contributed by atoms with Crippen LogP contribution in [0.4, 0.5) is 0 Å². The molecule has 0 aromatic heterocycles. The summed E-state index contributed by atoms with van der Waals surface area (Å²) in [6.45, 7) is 0. The lowest BCUT2D eigenvalue weighted by Gasteiger charge is -2.10. The van der Waals surface area contributed by atoms with Gasteiger partial charge in [-0.1, -0.05) is 18.2 Å². The molecule has 0 heterocycles. The highest BCUT2D eigenvalue weighted by Gasteiger charge is 2.17. The standard InChI is InChI=1S/C18H18O4S/c1-21-13-10-16(20)18(17(11-13)22-2)15(19)8-7-12-5-4-6-14(9-12)23-3/h4-11,20H,1-3H3. The number of hydrogen-bond donors (Lipinski definition) is 1. The number of thioether (sulfide) groups is 1. The van der Waals surface area contributed by atoms with Crippen molar-refractivity contribution in [2.24, 2.45) is 0 Å². The normalized spacial score (nSPS) is 10.7. The molecule has 0 bridgehead atoms.